The maximum atomic E-state index is 11.9. The van der Waals surface area contributed by atoms with Gasteiger partial charge in [0.1, 0.15) is 0 Å². The first kappa shape index (κ1) is 18.7. The van der Waals surface area contributed by atoms with Crippen molar-refractivity contribution >= 4 is 16.0 Å². The maximum Gasteiger partial charge on any atom is 0.213 e. The third kappa shape index (κ3) is 8.22. The van der Waals surface area contributed by atoms with E-state index in [1.54, 1.807) is 0 Å². The van der Waals surface area contributed by atoms with Gasteiger partial charge >= 0.3 is 0 Å². The fourth-order valence-electron chi connectivity index (χ4n) is 2.01. The molecule has 1 aliphatic rings. The average molecular weight is 330 g/mol. The van der Waals surface area contributed by atoms with E-state index in [0.717, 1.165) is 19.3 Å². The third-order valence-electron chi connectivity index (χ3n) is 3.14. The smallest absolute Gasteiger partial charge is 0.213 e. The van der Waals surface area contributed by atoms with Gasteiger partial charge in [-0.3, -0.25) is 4.99 Å². The van der Waals surface area contributed by atoms with Crippen LogP contribution >= 0.6 is 0 Å². The fraction of sp³-hybridized carbons (Fsp3) is 0.786. The number of hydrogen-bond donors (Lipinski definition) is 3. The second-order valence-corrected chi connectivity index (χ2v) is 6.90. The van der Waals surface area contributed by atoms with Crippen LogP contribution in [0.2, 0.25) is 0 Å². The highest BCUT2D eigenvalue weighted by atomic mass is 32.2. The van der Waals surface area contributed by atoms with Crippen LogP contribution in [0.3, 0.4) is 0 Å². The molecule has 0 aromatic carbocycles. The number of nitrogens with one attached hydrogen (secondary N) is 3. The van der Waals surface area contributed by atoms with Crippen LogP contribution in [-0.4, -0.2) is 59.0 Å². The Morgan fingerprint density at radius 3 is 2.86 bits per heavy atom. The molecule has 1 saturated heterocycles. The van der Waals surface area contributed by atoms with Gasteiger partial charge in [0.15, 0.2) is 5.96 Å². The Morgan fingerprint density at radius 2 is 2.23 bits per heavy atom. The zero-order valence-corrected chi connectivity index (χ0v) is 13.9. The van der Waals surface area contributed by atoms with Crippen molar-refractivity contribution in [3.63, 3.8) is 0 Å². The molecule has 0 amide bonds. The van der Waals surface area contributed by atoms with E-state index in [-0.39, 0.29) is 18.4 Å². The van der Waals surface area contributed by atoms with Gasteiger partial charge in [-0.05, 0) is 26.2 Å². The average Bonchev–Trinajstić information content (AvgIpc) is 2.51. The SMILES string of the molecule is C#CCNC(=NCCS(=O)(=O)NCC1CCCCO1)NCC. The summed E-state index contributed by atoms with van der Waals surface area (Å²) in [5.74, 6) is 2.90. The summed E-state index contributed by atoms with van der Waals surface area (Å²) in [6, 6.07) is 0. The fourth-order valence-corrected chi connectivity index (χ4v) is 2.93. The van der Waals surface area contributed by atoms with E-state index in [9.17, 15) is 8.42 Å². The Morgan fingerprint density at radius 1 is 1.41 bits per heavy atom. The van der Waals surface area contributed by atoms with Crippen LogP contribution in [0.1, 0.15) is 26.2 Å². The van der Waals surface area contributed by atoms with E-state index in [2.05, 4.69) is 26.3 Å². The number of ether oxygens (including phenoxy) is 1. The summed E-state index contributed by atoms with van der Waals surface area (Å²) in [6.07, 6.45) is 8.20. The van der Waals surface area contributed by atoms with Crippen molar-refractivity contribution in [2.75, 3.05) is 38.5 Å². The molecule has 1 unspecified atom stereocenters. The molecule has 0 aromatic heterocycles. The lowest BCUT2D eigenvalue weighted by Gasteiger charge is -2.22. The Balaban J connectivity index is 2.34. The zero-order valence-electron chi connectivity index (χ0n) is 13.1. The summed E-state index contributed by atoms with van der Waals surface area (Å²) in [4.78, 5) is 4.18. The molecule has 1 rings (SSSR count). The van der Waals surface area contributed by atoms with Crippen LogP contribution in [0, 0.1) is 12.3 Å². The van der Waals surface area contributed by atoms with Crippen molar-refractivity contribution in [3.05, 3.63) is 0 Å². The lowest BCUT2D eigenvalue weighted by molar-refractivity contribution is 0.0200. The molecule has 0 bridgehead atoms. The summed E-state index contributed by atoms with van der Waals surface area (Å²) in [5, 5.41) is 5.90. The molecule has 22 heavy (non-hydrogen) atoms. The second-order valence-electron chi connectivity index (χ2n) is 4.97. The minimum absolute atomic E-state index is 0.0124. The molecule has 0 saturated carbocycles. The lowest BCUT2D eigenvalue weighted by atomic mass is 10.1. The molecule has 7 nitrogen and oxygen atoms in total. The van der Waals surface area contributed by atoms with E-state index >= 15 is 0 Å². The Labute approximate surface area is 133 Å². The molecule has 3 N–H and O–H groups in total. The first-order valence-corrected chi connectivity index (χ1v) is 9.27. The van der Waals surface area contributed by atoms with Crippen LogP contribution in [0.4, 0.5) is 0 Å². The van der Waals surface area contributed by atoms with E-state index in [1.165, 1.54) is 0 Å². The monoisotopic (exact) mass is 330 g/mol. The van der Waals surface area contributed by atoms with Gasteiger partial charge in [0.05, 0.1) is 24.9 Å². The van der Waals surface area contributed by atoms with Crippen molar-refractivity contribution in [2.24, 2.45) is 4.99 Å². The number of guanidine groups is 1. The zero-order chi connectivity index (χ0) is 16.3. The van der Waals surface area contributed by atoms with Crippen LogP contribution in [0.5, 0.6) is 0 Å². The molecular weight excluding hydrogens is 304 g/mol. The van der Waals surface area contributed by atoms with Gasteiger partial charge in [0.25, 0.3) is 0 Å². The summed E-state index contributed by atoms with van der Waals surface area (Å²) < 4.78 is 31.9. The molecule has 1 atom stereocenters. The van der Waals surface area contributed by atoms with Crippen LogP contribution in [-0.2, 0) is 14.8 Å². The number of aliphatic imine (C=N–C) groups is 1. The molecular formula is C14H26N4O3S. The Hall–Kier alpha value is -1.30. The summed E-state index contributed by atoms with van der Waals surface area (Å²) >= 11 is 0. The molecule has 8 heteroatoms. The van der Waals surface area contributed by atoms with Crippen molar-refractivity contribution < 1.29 is 13.2 Å². The quantitative estimate of drug-likeness (QED) is 0.322. The van der Waals surface area contributed by atoms with Crippen molar-refractivity contribution in [3.8, 4) is 12.3 Å². The molecule has 0 radical (unpaired) electrons. The van der Waals surface area contributed by atoms with Gasteiger partial charge < -0.3 is 15.4 Å². The Kier molecular flexibility index (Phi) is 8.89. The van der Waals surface area contributed by atoms with Crippen LogP contribution in [0.25, 0.3) is 0 Å². The molecule has 1 aliphatic heterocycles. The van der Waals surface area contributed by atoms with Gasteiger partial charge in [-0.15, -0.1) is 6.42 Å². The number of sulfonamides is 1. The van der Waals surface area contributed by atoms with Gasteiger partial charge in [0, 0.05) is 19.7 Å². The highest BCUT2D eigenvalue weighted by Gasteiger charge is 2.17. The predicted octanol–water partition coefficient (Wildman–Crippen LogP) is -0.337. The number of terminal acetylenes is 1. The third-order valence-corrected chi connectivity index (χ3v) is 4.46. The van der Waals surface area contributed by atoms with Gasteiger partial charge in [-0.1, -0.05) is 5.92 Å². The van der Waals surface area contributed by atoms with E-state index in [4.69, 9.17) is 11.2 Å². The first-order chi connectivity index (χ1) is 10.6. The van der Waals surface area contributed by atoms with Gasteiger partial charge in [0.2, 0.25) is 10.0 Å². The van der Waals surface area contributed by atoms with Crippen LogP contribution < -0.4 is 15.4 Å². The summed E-state index contributed by atoms with van der Waals surface area (Å²) in [5.41, 5.74) is 0. The maximum absolute atomic E-state index is 11.9. The summed E-state index contributed by atoms with van der Waals surface area (Å²) in [6.45, 7) is 4.16. The largest absolute Gasteiger partial charge is 0.377 e. The van der Waals surface area contributed by atoms with Crippen molar-refractivity contribution in [1.82, 2.24) is 15.4 Å². The number of hydrogen-bond acceptors (Lipinski definition) is 4. The molecule has 1 fully saturated rings. The van der Waals surface area contributed by atoms with Crippen LogP contribution in [0.15, 0.2) is 4.99 Å². The minimum Gasteiger partial charge on any atom is -0.377 e. The molecule has 126 valence electrons. The summed E-state index contributed by atoms with van der Waals surface area (Å²) in [7, 11) is -3.35. The van der Waals surface area contributed by atoms with Gasteiger partial charge in [-0.2, -0.15) is 0 Å². The standard InChI is InChI=1S/C14H26N4O3S/c1-3-8-16-14(15-4-2)17-9-11-22(19,20)18-12-13-7-5-6-10-21-13/h1,13,18H,4-12H2,2H3,(H2,15,16,17). The van der Waals surface area contributed by atoms with Crippen molar-refractivity contribution in [1.29, 1.82) is 0 Å². The van der Waals surface area contributed by atoms with E-state index in [1.807, 2.05) is 6.92 Å². The van der Waals surface area contributed by atoms with Gasteiger partial charge in [-0.25, -0.2) is 13.1 Å². The lowest BCUT2D eigenvalue weighted by Crippen LogP contribution is -2.39. The Bertz CT molecular complexity index is 479. The van der Waals surface area contributed by atoms with E-state index in [0.29, 0.717) is 32.2 Å². The topological polar surface area (TPSA) is 91.8 Å². The minimum atomic E-state index is -3.35. The predicted molar refractivity (Wildman–Crippen MR) is 88.2 cm³/mol. The van der Waals surface area contributed by atoms with E-state index < -0.39 is 10.0 Å². The highest BCUT2D eigenvalue weighted by molar-refractivity contribution is 7.89. The number of nitrogens with zero attached hydrogens (tertiary/aromatic N) is 1. The molecule has 1 heterocycles. The molecule has 0 aliphatic carbocycles. The normalized spacial score (nSPS) is 19.5. The highest BCUT2D eigenvalue weighted by Crippen LogP contribution is 2.11. The molecule has 0 aromatic rings. The van der Waals surface area contributed by atoms with Crippen molar-refractivity contribution in [2.45, 2.75) is 32.3 Å². The number of rotatable bonds is 8. The second kappa shape index (κ2) is 10.4. The first-order valence-electron chi connectivity index (χ1n) is 7.62. The molecule has 0 spiro atoms.